The summed E-state index contributed by atoms with van der Waals surface area (Å²) in [6.07, 6.45) is -5.59. The van der Waals surface area contributed by atoms with E-state index < -0.39 is 24.6 Å². The van der Waals surface area contributed by atoms with Crippen molar-refractivity contribution < 1.29 is 26.7 Å². The fourth-order valence-electron chi connectivity index (χ4n) is 2.62. The summed E-state index contributed by atoms with van der Waals surface area (Å²) < 4.78 is 70.8. The van der Waals surface area contributed by atoms with Gasteiger partial charge in [-0.3, -0.25) is 0 Å². The first-order chi connectivity index (χ1) is 9.68. The quantitative estimate of drug-likeness (QED) is 0.842. The Labute approximate surface area is 119 Å². The molecule has 7 heteroatoms. The smallest absolute Gasteiger partial charge is 0.453 e. The molecule has 1 aliphatic rings. The van der Waals surface area contributed by atoms with E-state index in [0.29, 0.717) is 12.1 Å². The van der Waals surface area contributed by atoms with Crippen LogP contribution < -0.4 is 10.1 Å². The third-order valence-corrected chi connectivity index (χ3v) is 3.81. The van der Waals surface area contributed by atoms with E-state index in [4.69, 9.17) is 4.74 Å². The molecule has 0 amide bonds. The highest BCUT2D eigenvalue weighted by Gasteiger charge is 2.62. The van der Waals surface area contributed by atoms with E-state index in [2.05, 4.69) is 5.32 Å². The minimum atomic E-state index is -5.59. The monoisotopic (exact) mass is 309 g/mol. The molecule has 0 unspecified atom stereocenters. The zero-order valence-corrected chi connectivity index (χ0v) is 11.6. The van der Waals surface area contributed by atoms with E-state index in [1.165, 1.54) is 13.2 Å². The van der Waals surface area contributed by atoms with Gasteiger partial charge in [-0.25, -0.2) is 0 Å². The number of benzene rings is 1. The van der Waals surface area contributed by atoms with Gasteiger partial charge >= 0.3 is 12.1 Å². The number of hydrogen-bond donors (Lipinski definition) is 1. The van der Waals surface area contributed by atoms with E-state index in [1.807, 2.05) is 0 Å². The summed E-state index contributed by atoms with van der Waals surface area (Å²) >= 11 is 0. The number of rotatable bonds is 2. The van der Waals surface area contributed by atoms with Crippen molar-refractivity contribution in [2.45, 2.75) is 30.9 Å². The normalized spacial score (nSPS) is 23.4. The molecule has 2 nitrogen and oxygen atoms in total. The summed E-state index contributed by atoms with van der Waals surface area (Å²) in [5.41, 5.74) is 0.490. The SMILES string of the molecule is COc1ccc2c(c1)[C@H](C(F)(F)C(F)(F)F)CNC[C@@H]2C. The number of hydrogen-bond acceptors (Lipinski definition) is 2. The number of alkyl halides is 5. The van der Waals surface area contributed by atoms with E-state index in [-0.39, 0.29) is 17.2 Å². The number of methoxy groups -OCH3 is 1. The average molecular weight is 309 g/mol. The Morgan fingerprint density at radius 1 is 1.10 bits per heavy atom. The number of nitrogens with one attached hydrogen (secondary N) is 1. The first-order valence-corrected chi connectivity index (χ1v) is 6.51. The van der Waals surface area contributed by atoms with Crippen molar-refractivity contribution in [3.63, 3.8) is 0 Å². The molecule has 0 saturated carbocycles. The van der Waals surface area contributed by atoms with E-state index in [9.17, 15) is 22.0 Å². The van der Waals surface area contributed by atoms with Crippen LogP contribution in [0.2, 0.25) is 0 Å². The molecule has 1 aromatic carbocycles. The zero-order valence-electron chi connectivity index (χ0n) is 11.6. The maximum Gasteiger partial charge on any atom is 0.453 e. The fraction of sp³-hybridized carbons (Fsp3) is 0.571. The van der Waals surface area contributed by atoms with Crippen molar-refractivity contribution in [3.05, 3.63) is 29.3 Å². The van der Waals surface area contributed by atoms with Crippen LogP contribution in [-0.2, 0) is 0 Å². The molecule has 1 aromatic rings. The maximum atomic E-state index is 13.8. The molecule has 2 atom stereocenters. The Kier molecular flexibility index (Phi) is 4.15. The molecule has 21 heavy (non-hydrogen) atoms. The Morgan fingerprint density at radius 2 is 1.76 bits per heavy atom. The van der Waals surface area contributed by atoms with Gasteiger partial charge in [0.25, 0.3) is 0 Å². The molecule has 1 N–H and O–H groups in total. The molecule has 118 valence electrons. The van der Waals surface area contributed by atoms with Crippen molar-refractivity contribution >= 4 is 0 Å². The molecular weight excluding hydrogens is 293 g/mol. The molecule has 0 aromatic heterocycles. The molecule has 0 fully saturated rings. The van der Waals surface area contributed by atoms with Crippen LogP contribution in [0, 0.1) is 0 Å². The zero-order chi connectivity index (χ0) is 15.8. The Hall–Kier alpha value is -1.37. The molecule has 0 bridgehead atoms. The van der Waals surface area contributed by atoms with Gasteiger partial charge in [-0.2, -0.15) is 22.0 Å². The van der Waals surface area contributed by atoms with E-state index in [1.54, 1.807) is 19.1 Å². The van der Waals surface area contributed by atoms with Gasteiger partial charge in [0.2, 0.25) is 0 Å². The van der Waals surface area contributed by atoms with Crippen LogP contribution >= 0.6 is 0 Å². The molecular formula is C14H16F5NO. The number of ether oxygens (including phenoxy) is 1. The third-order valence-electron chi connectivity index (χ3n) is 3.81. The highest BCUT2D eigenvalue weighted by Crippen LogP contribution is 2.48. The van der Waals surface area contributed by atoms with Crippen LogP contribution in [0.3, 0.4) is 0 Å². The molecule has 1 aliphatic heterocycles. The van der Waals surface area contributed by atoms with Gasteiger partial charge < -0.3 is 10.1 Å². The number of halogens is 5. The fourth-order valence-corrected chi connectivity index (χ4v) is 2.62. The predicted octanol–water partition coefficient (Wildman–Crippen LogP) is 3.68. The van der Waals surface area contributed by atoms with Crippen molar-refractivity contribution in [2.75, 3.05) is 20.2 Å². The lowest BCUT2D eigenvalue weighted by molar-refractivity contribution is -0.290. The lowest BCUT2D eigenvalue weighted by Gasteiger charge is -2.29. The molecule has 0 saturated heterocycles. The average Bonchev–Trinajstić information content (AvgIpc) is 2.56. The lowest BCUT2D eigenvalue weighted by atomic mass is 9.85. The molecule has 2 rings (SSSR count). The van der Waals surface area contributed by atoms with Gasteiger partial charge in [-0.1, -0.05) is 13.0 Å². The standard InChI is InChI=1S/C14H16F5NO/c1-8-6-20-7-12(13(15,16)14(17,18)19)11-5-9(21-2)3-4-10(8)11/h3-5,8,12,20H,6-7H2,1-2H3/t8-,12+/m0/s1. The van der Waals surface area contributed by atoms with E-state index in [0.717, 1.165) is 0 Å². The summed E-state index contributed by atoms with van der Waals surface area (Å²) in [4.78, 5) is 0. The second-order valence-corrected chi connectivity index (χ2v) is 5.23. The van der Waals surface area contributed by atoms with Gasteiger partial charge in [-0.05, 0) is 29.2 Å². The number of fused-ring (bicyclic) bond motifs is 1. The van der Waals surface area contributed by atoms with Crippen molar-refractivity contribution in [1.82, 2.24) is 5.32 Å². The second-order valence-electron chi connectivity index (χ2n) is 5.23. The largest absolute Gasteiger partial charge is 0.497 e. The lowest BCUT2D eigenvalue weighted by Crippen LogP contribution is -2.45. The van der Waals surface area contributed by atoms with Crippen LogP contribution in [-0.4, -0.2) is 32.3 Å². The van der Waals surface area contributed by atoms with Gasteiger partial charge in [0.15, 0.2) is 0 Å². The van der Waals surface area contributed by atoms with Gasteiger partial charge in [0.1, 0.15) is 5.75 Å². The van der Waals surface area contributed by atoms with E-state index >= 15 is 0 Å². The van der Waals surface area contributed by atoms with Crippen LogP contribution in [0.25, 0.3) is 0 Å². The summed E-state index contributed by atoms with van der Waals surface area (Å²) in [5.74, 6) is -6.65. The first-order valence-electron chi connectivity index (χ1n) is 6.51. The molecule has 0 radical (unpaired) electrons. The minimum Gasteiger partial charge on any atom is -0.497 e. The topological polar surface area (TPSA) is 21.3 Å². The van der Waals surface area contributed by atoms with Crippen molar-refractivity contribution in [3.8, 4) is 5.75 Å². The van der Waals surface area contributed by atoms with Gasteiger partial charge in [0, 0.05) is 13.1 Å². The van der Waals surface area contributed by atoms with Crippen molar-refractivity contribution in [1.29, 1.82) is 0 Å². The third kappa shape index (κ3) is 2.84. The van der Waals surface area contributed by atoms with Crippen molar-refractivity contribution in [2.24, 2.45) is 0 Å². The van der Waals surface area contributed by atoms with Crippen LogP contribution in [0.1, 0.15) is 29.9 Å². The van der Waals surface area contributed by atoms with Crippen LogP contribution in [0.15, 0.2) is 18.2 Å². The Morgan fingerprint density at radius 3 is 2.33 bits per heavy atom. The molecule has 1 heterocycles. The van der Waals surface area contributed by atoms with Gasteiger partial charge in [0.05, 0.1) is 13.0 Å². The summed E-state index contributed by atoms with van der Waals surface area (Å²) in [5, 5.41) is 2.69. The Bertz CT molecular complexity index is 515. The first kappa shape index (κ1) is 16.0. The molecule has 0 spiro atoms. The highest BCUT2D eigenvalue weighted by molar-refractivity contribution is 5.42. The maximum absolute atomic E-state index is 13.8. The Balaban J connectivity index is 2.56. The van der Waals surface area contributed by atoms with Gasteiger partial charge in [-0.15, -0.1) is 0 Å². The summed E-state index contributed by atoms with van der Waals surface area (Å²) in [6, 6.07) is 4.41. The highest BCUT2D eigenvalue weighted by atomic mass is 19.4. The summed E-state index contributed by atoms with van der Waals surface area (Å²) in [6.45, 7) is 1.70. The minimum absolute atomic E-state index is 0.00539. The second kappa shape index (κ2) is 5.44. The van der Waals surface area contributed by atoms with Crippen LogP contribution in [0.4, 0.5) is 22.0 Å². The predicted molar refractivity (Wildman–Crippen MR) is 68.0 cm³/mol. The molecule has 0 aliphatic carbocycles. The summed E-state index contributed by atoms with van der Waals surface area (Å²) in [7, 11) is 1.34. The van der Waals surface area contributed by atoms with Crippen LogP contribution in [0.5, 0.6) is 5.75 Å².